The molecule has 4 heteroatoms. The quantitative estimate of drug-likeness (QED) is 0.548. The van der Waals surface area contributed by atoms with Gasteiger partial charge < -0.3 is 9.47 Å². The molecule has 0 radical (unpaired) electrons. The molecule has 1 heterocycles. The average Bonchev–Trinajstić information content (AvgIpc) is 2.51. The molecule has 2 aromatic rings. The first-order chi connectivity index (χ1) is 10.3. The Kier molecular flexibility index (Phi) is 6.00. The summed E-state index contributed by atoms with van der Waals surface area (Å²) in [6, 6.07) is 9.83. The van der Waals surface area contributed by atoms with Gasteiger partial charge in [0.2, 0.25) is 0 Å². The molecule has 0 bridgehead atoms. The Morgan fingerprint density at radius 3 is 2.86 bits per heavy atom. The maximum atomic E-state index is 11.2. The molecule has 1 aromatic heterocycles. The van der Waals surface area contributed by atoms with Gasteiger partial charge in [-0.2, -0.15) is 0 Å². The van der Waals surface area contributed by atoms with Crippen molar-refractivity contribution < 1.29 is 14.3 Å². The largest absolute Gasteiger partial charge is 0.493 e. The predicted octanol–water partition coefficient (Wildman–Crippen LogP) is 3.74. The molecular formula is C17H21NO3. The molecule has 0 atom stereocenters. The molecule has 112 valence electrons. The first-order valence-electron chi connectivity index (χ1n) is 7.43. The third-order valence-electron chi connectivity index (χ3n) is 3.20. The van der Waals surface area contributed by atoms with Crippen LogP contribution in [0.5, 0.6) is 5.75 Å². The second-order valence-corrected chi connectivity index (χ2v) is 4.79. The van der Waals surface area contributed by atoms with Crippen molar-refractivity contribution in [3.8, 4) is 5.75 Å². The van der Waals surface area contributed by atoms with Crippen molar-refractivity contribution in [2.45, 2.75) is 32.6 Å². The summed E-state index contributed by atoms with van der Waals surface area (Å²) in [7, 11) is 0. The molecule has 0 amide bonds. The van der Waals surface area contributed by atoms with Gasteiger partial charge in [0.25, 0.3) is 0 Å². The summed E-state index contributed by atoms with van der Waals surface area (Å²) >= 11 is 0. The molecule has 0 aliphatic carbocycles. The van der Waals surface area contributed by atoms with Crippen molar-refractivity contribution in [3.05, 3.63) is 36.5 Å². The van der Waals surface area contributed by atoms with Crippen molar-refractivity contribution in [1.82, 2.24) is 4.98 Å². The third-order valence-corrected chi connectivity index (χ3v) is 3.20. The molecule has 0 aliphatic rings. The minimum Gasteiger partial charge on any atom is -0.493 e. The fourth-order valence-electron chi connectivity index (χ4n) is 2.16. The lowest BCUT2D eigenvalue weighted by molar-refractivity contribution is -0.143. The first kappa shape index (κ1) is 15.3. The highest BCUT2D eigenvalue weighted by Crippen LogP contribution is 2.23. The summed E-state index contributed by atoms with van der Waals surface area (Å²) in [6.45, 7) is 2.93. The van der Waals surface area contributed by atoms with E-state index in [1.807, 2.05) is 37.3 Å². The number of ether oxygens (including phenoxy) is 2. The van der Waals surface area contributed by atoms with Crippen molar-refractivity contribution >= 4 is 16.9 Å². The minimum atomic E-state index is -0.112. The predicted molar refractivity (Wildman–Crippen MR) is 82.3 cm³/mol. The Hall–Kier alpha value is -2.10. The number of carbonyl (C=O) groups excluding carboxylic acids is 1. The Morgan fingerprint density at radius 1 is 1.14 bits per heavy atom. The van der Waals surface area contributed by atoms with Gasteiger partial charge in [-0.25, -0.2) is 0 Å². The maximum Gasteiger partial charge on any atom is 0.305 e. The number of esters is 1. The van der Waals surface area contributed by atoms with Crippen LogP contribution in [0.1, 0.15) is 32.6 Å². The molecule has 1 aromatic carbocycles. The summed E-state index contributed by atoms with van der Waals surface area (Å²) in [5.74, 6) is 0.754. The number of hydrogen-bond acceptors (Lipinski definition) is 4. The van der Waals surface area contributed by atoms with E-state index in [2.05, 4.69) is 4.98 Å². The topological polar surface area (TPSA) is 48.4 Å². The number of unbranched alkanes of at least 4 members (excludes halogenated alkanes) is 2. The lowest BCUT2D eigenvalue weighted by atomic mass is 10.2. The van der Waals surface area contributed by atoms with E-state index >= 15 is 0 Å². The fourth-order valence-corrected chi connectivity index (χ4v) is 2.16. The summed E-state index contributed by atoms with van der Waals surface area (Å²) in [5.41, 5.74) is 0.942. The van der Waals surface area contributed by atoms with Gasteiger partial charge >= 0.3 is 5.97 Å². The van der Waals surface area contributed by atoms with E-state index in [9.17, 15) is 4.79 Å². The first-order valence-corrected chi connectivity index (χ1v) is 7.43. The standard InChI is InChI=1S/C17H21NO3/c1-2-20-17(19)10-4-3-7-13-21-16-11-12-18-15-9-6-5-8-14(15)16/h5-6,8-9,11-12H,2-4,7,10,13H2,1H3. The second-order valence-electron chi connectivity index (χ2n) is 4.79. The van der Waals surface area contributed by atoms with Crippen LogP contribution >= 0.6 is 0 Å². The number of pyridine rings is 1. The lowest BCUT2D eigenvalue weighted by Gasteiger charge is -2.08. The summed E-state index contributed by atoms with van der Waals surface area (Å²) in [6.07, 6.45) is 4.99. The fraction of sp³-hybridized carbons (Fsp3) is 0.412. The van der Waals surface area contributed by atoms with Crippen LogP contribution in [0.3, 0.4) is 0 Å². The number of para-hydroxylation sites is 1. The maximum absolute atomic E-state index is 11.2. The molecule has 0 spiro atoms. The molecular weight excluding hydrogens is 266 g/mol. The van der Waals surface area contributed by atoms with Crippen molar-refractivity contribution in [2.24, 2.45) is 0 Å². The van der Waals surface area contributed by atoms with Gasteiger partial charge in [0.1, 0.15) is 5.75 Å². The Balaban J connectivity index is 1.72. The normalized spacial score (nSPS) is 10.5. The average molecular weight is 287 g/mol. The van der Waals surface area contributed by atoms with Crippen molar-refractivity contribution in [1.29, 1.82) is 0 Å². The zero-order valence-corrected chi connectivity index (χ0v) is 12.4. The summed E-state index contributed by atoms with van der Waals surface area (Å²) in [5, 5.41) is 1.03. The Bertz CT molecular complexity index is 578. The number of aromatic nitrogens is 1. The molecule has 0 saturated heterocycles. The van der Waals surface area contributed by atoms with E-state index < -0.39 is 0 Å². The van der Waals surface area contributed by atoms with E-state index in [0.717, 1.165) is 35.9 Å². The number of rotatable bonds is 8. The van der Waals surface area contributed by atoms with Crippen LogP contribution in [-0.4, -0.2) is 24.2 Å². The number of nitrogens with zero attached hydrogens (tertiary/aromatic N) is 1. The molecule has 2 rings (SSSR count). The summed E-state index contributed by atoms with van der Waals surface area (Å²) in [4.78, 5) is 15.5. The van der Waals surface area contributed by atoms with Gasteiger partial charge in [0.15, 0.2) is 0 Å². The van der Waals surface area contributed by atoms with Gasteiger partial charge in [-0.05, 0) is 44.4 Å². The van der Waals surface area contributed by atoms with E-state index in [4.69, 9.17) is 9.47 Å². The monoisotopic (exact) mass is 287 g/mol. The highest BCUT2D eigenvalue weighted by Gasteiger charge is 2.03. The molecule has 0 fully saturated rings. The second kappa shape index (κ2) is 8.25. The van der Waals surface area contributed by atoms with Crippen LogP contribution in [0.2, 0.25) is 0 Å². The SMILES string of the molecule is CCOC(=O)CCCCCOc1ccnc2ccccc12. The molecule has 21 heavy (non-hydrogen) atoms. The summed E-state index contributed by atoms with van der Waals surface area (Å²) < 4.78 is 10.7. The highest BCUT2D eigenvalue weighted by atomic mass is 16.5. The smallest absolute Gasteiger partial charge is 0.305 e. The number of fused-ring (bicyclic) bond motifs is 1. The highest BCUT2D eigenvalue weighted by molar-refractivity contribution is 5.84. The van der Waals surface area contributed by atoms with E-state index in [1.165, 1.54) is 0 Å². The van der Waals surface area contributed by atoms with Gasteiger partial charge in [-0.1, -0.05) is 12.1 Å². The zero-order chi connectivity index (χ0) is 14.9. The number of hydrogen-bond donors (Lipinski definition) is 0. The minimum absolute atomic E-state index is 0.112. The van der Waals surface area contributed by atoms with Crippen LogP contribution in [0.4, 0.5) is 0 Å². The molecule has 0 N–H and O–H groups in total. The van der Waals surface area contributed by atoms with Gasteiger partial charge in [0.05, 0.1) is 18.7 Å². The van der Waals surface area contributed by atoms with Gasteiger partial charge in [0, 0.05) is 18.0 Å². The van der Waals surface area contributed by atoms with Crippen LogP contribution in [0, 0.1) is 0 Å². The van der Waals surface area contributed by atoms with Crippen molar-refractivity contribution in [3.63, 3.8) is 0 Å². The molecule has 0 saturated carbocycles. The van der Waals surface area contributed by atoms with Crippen LogP contribution in [-0.2, 0) is 9.53 Å². The van der Waals surface area contributed by atoms with E-state index in [0.29, 0.717) is 19.6 Å². The van der Waals surface area contributed by atoms with E-state index in [1.54, 1.807) is 6.20 Å². The van der Waals surface area contributed by atoms with E-state index in [-0.39, 0.29) is 5.97 Å². The van der Waals surface area contributed by atoms with Crippen molar-refractivity contribution in [2.75, 3.05) is 13.2 Å². The van der Waals surface area contributed by atoms with Crippen LogP contribution < -0.4 is 4.74 Å². The zero-order valence-electron chi connectivity index (χ0n) is 12.4. The van der Waals surface area contributed by atoms with Gasteiger partial charge in [-0.3, -0.25) is 9.78 Å². The number of benzene rings is 1. The Morgan fingerprint density at radius 2 is 2.00 bits per heavy atom. The van der Waals surface area contributed by atoms with Crippen LogP contribution in [0.25, 0.3) is 10.9 Å². The molecule has 0 aliphatic heterocycles. The van der Waals surface area contributed by atoms with Gasteiger partial charge in [-0.15, -0.1) is 0 Å². The lowest BCUT2D eigenvalue weighted by Crippen LogP contribution is -2.04. The molecule has 0 unspecified atom stereocenters. The van der Waals surface area contributed by atoms with Crippen LogP contribution in [0.15, 0.2) is 36.5 Å². The third kappa shape index (κ3) is 4.74. The Labute approximate surface area is 125 Å². The molecule has 4 nitrogen and oxygen atoms in total. The number of carbonyl (C=O) groups is 1.